The molecule has 0 spiro atoms. The van der Waals surface area contributed by atoms with Crippen LogP contribution in [-0.2, 0) is 32.1 Å². The van der Waals surface area contributed by atoms with Gasteiger partial charge in [-0.05, 0) is 41.5 Å². The number of amides is 2. The highest BCUT2D eigenvalue weighted by Gasteiger charge is 2.45. The largest absolute Gasteiger partial charge is 0.451 e. The van der Waals surface area contributed by atoms with Crippen LogP contribution in [0.2, 0.25) is 0 Å². The summed E-state index contributed by atoms with van der Waals surface area (Å²) in [6, 6.07) is 36.7. The van der Waals surface area contributed by atoms with E-state index >= 15 is 0 Å². The van der Waals surface area contributed by atoms with Gasteiger partial charge in [-0.15, -0.1) is 0 Å². The van der Waals surface area contributed by atoms with Crippen molar-refractivity contribution in [2.24, 2.45) is 5.92 Å². The topological polar surface area (TPSA) is 72.9 Å². The quantitative estimate of drug-likeness (QED) is 0.242. The molecule has 1 fully saturated rings. The Labute approximate surface area is 234 Å². The molecule has 5 rings (SSSR count). The Morgan fingerprint density at radius 2 is 1.20 bits per heavy atom. The predicted molar refractivity (Wildman–Crippen MR) is 151 cm³/mol. The lowest BCUT2D eigenvalue weighted by atomic mass is 9.87. The first-order chi connectivity index (χ1) is 19.6. The fraction of sp³-hybridized carbons (Fsp3) is 0.206. The summed E-state index contributed by atoms with van der Waals surface area (Å²) >= 11 is 0. The van der Waals surface area contributed by atoms with Crippen molar-refractivity contribution in [3.63, 3.8) is 0 Å². The molecule has 2 amide bonds. The molecule has 0 saturated carbocycles. The summed E-state index contributed by atoms with van der Waals surface area (Å²) in [5, 5.41) is 0. The molecule has 40 heavy (non-hydrogen) atoms. The van der Waals surface area contributed by atoms with E-state index in [0.29, 0.717) is 19.3 Å². The van der Waals surface area contributed by atoms with E-state index in [9.17, 15) is 14.4 Å². The zero-order valence-electron chi connectivity index (χ0n) is 22.1. The SMILES string of the molecule is O=C(OC(c1ccccc1)c1ccccc1)[C@@H]1CC[C@@H](Cc2ccccc2)C(=O)N1C(=O)OCc1ccccc1. The number of hydrogen-bond acceptors (Lipinski definition) is 5. The van der Waals surface area contributed by atoms with Gasteiger partial charge in [-0.1, -0.05) is 121 Å². The van der Waals surface area contributed by atoms with Crippen molar-refractivity contribution in [2.45, 2.75) is 38.0 Å². The van der Waals surface area contributed by atoms with E-state index in [0.717, 1.165) is 27.2 Å². The highest BCUT2D eigenvalue weighted by Crippen LogP contribution is 2.32. The van der Waals surface area contributed by atoms with Crippen molar-refractivity contribution >= 4 is 18.0 Å². The molecule has 0 aromatic heterocycles. The van der Waals surface area contributed by atoms with Gasteiger partial charge in [0.05, 0.1) is 0 Å². The molecule has 4 aromatic carbocycles. The van der Waals surface area contributed by atoms with Crippen LogP contribution in [0.25, 0.3) is 0 Å². The van der Waals surface area contributed by atoms with Crippen LogP contribution in [0.5, 0.6) is 0 Å². The van der Waals surface area contributed by atoms with Crippen LogP contribution >= 0.6 is 0 Å². The number of imide groups is 1. The fourth-order valence-corrected chi connectivity index (χ4v) is 5.06. The number of carbonyl (C=O) groups is 3. The number of benzene rings is 4. The van der Waals surface area contributed by atoms with Crippen molar-refractivity contribution in [2.75, 3.05) is 0 Å². The van der Waals surface area contributed by atoms with E-state index < -0.39 is 36.0 Å². The number of hydrogen-bond donors (Lipinski definition) is 0. The minimum absolute atomic E-state index is 0.00870. The number of esters is 1. The van der Waals surface area contributed by atoms with Crippen LogP contribution in [-0.4, -0.2) is 28.9 Å². The molecule has 6 heteroatoms. The molecular formula is C34H31NO5. The molecule has 1 heterocycles. The first-order valence-electron chi connectivity index (χ1n) is 13.5. The fourth-order valence-electron chi connectivity index (χ4n) is 5.06. The standard InChI is InChI=1S/C34H31NO5/c36-32-29(23-25-13-5-1-6-14-25)21-22-30(35(32)34(38)39-24-26-15-7-2-8-16-26)33(37)40-31(27-17-9-3-10-18-27)28-19-11-4-12-20-28/h1-20,29-31H,21-24H2/t29-,30-/m0/s1. The van der Waals surface area contributed by atoms with Crippen LogP contribution < -0.4 is 0 Å². The second-order valence-electron chi connectivity index (χ2n) is 9.87. The molecule has 4 aromatic rings. The van der Waals surface area contributed by atoms with E-state index in [1.54, 1.807) is 0 Å². The average molecular weight is 534 g/mol. The van der Waals surface area contributed by atoms with E-state index in [1.165, 1.54) is 0 Å². The van der Waals surface area contributed by atoms with Crippen molar-refractivity contribution in [3.8, 4) is 0 Å². The van der Waals surface area contributed by atoms with Gasteiger partial charge in [0.15, 0.2) is 6.10 Å². The van der Waals surface area contributed by atoms with Gasteiger partial charge in [0.2, 0.25) is 5.91 Å². The Bertz CT molecular complexity index is 1370. The van der Waals surface area contributed by atoms with E-state index in [2.05, 4.69) is 0 Å². The molecule has 0 aliphatic carbocycles. The van der Waals surface area contributed by atoms with E-state index in [4.69, 9.17) is 9.47 Å². The van der Waals surface area contributed by atoms with Gasteiger partial charge in [0.25, 0.3) is 0 Å². The van der Waals surface area contributed by atoms with E-state index in [1.807, 2.05) is 121 Å². The molecule has 0 radical (unpaired) electrons. The second-order valence-corrected chi connectivity index (χ2v) is 9.87. The first-order valence-corrected chi connectivity index (χ1v) is 13.5. The molecular weight excluding hydrogens is 502 g/mol. The maximum atomic E-state index is 13.7. The monoisotopic (exact) mass is 533 g/mol. The van der Waals surface area contributed by atoms with Gasteiger partial charge >= 0.3 is 12.1 Å². The van der Waals surface area contributed by atoms with Gasteiger partial charge in [-0.3, -0.25) is 4.79 Å². The second kappa shape index (κ2) is 12.9. The van der Waals surface area contributed by atoms with Crippen LogP contribution in [0.4, 0.5) is 4.79 Å². The molecule has 0 bridgehead atoms. The smallest absolute Gasteiger partial charge is 0.417 e. The number of ether oxygens (including phenoxy) is 2. The predicted octanol–water partition coefficient (Wildman–Crippen LogP) is 6.51. The Balaban J connectivity index is 1.39. The summed E-state index contributed by atoms with van der Waals surface area (Å²) in [7, 11) is 0. The highest BCUT2D eigenvalue weighted by atomic mass is 16.6. The lowest BCUT2D eigenvalue weighted by molar-refractivity contribution is -0.161. The van der Waals surface area contributed by atoms with Gasteiger partial charge in [-0.2, -0.15) is 0 Å². The Kier molecular flexibility index (Phi) is 8.66. The Morgan fingerprint density at radius 1 is 0.700 bits per heavy atom. The maximum Gasteiger partial charge on any atom is 0.417 e. The van der Waals surface area contributed by atoms with Crippen LogP contribution in [0.3, 0.4) is 0 Å². The molecule has 6 nitrogen and oxygen atoms in total. The Hall–Kier alpha value is -4.71. The van der Waals surface area contributed by atoms with Crippen LogP contribution in [0.1, 0.15) is 41.2 Å². The molecule has 1 aliphatic rings. The summed E-state index contributed by atoms with van der Waals surface area (Å²) in [5.74, 6) is -1.51. The summed E-state index contributed by atoms with van der Waals surface area (Å²) < 4.78 is 11.6. The average Bonchev–Trinajstić information content (AvgIpc) is 3.01. The number of piperidine rings is 1. The van der Waals surface area contributed by atoms with Crippen molar-refractivity contribution in [1.82, 2.24) is 4.90 Å². The third-order valence-corrected chi connectivity index (χ3v) is 7.12. The van der Waals surface area contributed by atoms with E-state index in [-0.39, 0.29) is 6.61 Å². The maximum absolute atomic E-state index is 13.7. The van der Waals surface area contributed by atoms with Gasteiger partial charge < -0.3 is 9.47 Å². The number of rotatable bonds is 8. The van der Waals surface area contributed by atoms with Crippen LogP contribution in [0, 0.1) is 5.92 Å². The van der Waals surface area contributed by atoms with Gasteiger partial charge in [-0.25, -0.2) is 14.5 Å². The van der Waals surface area contributed by atoms with Crippen LogP contribution in [0.15, 0.2) is 121 Å². The summed E-state index contributed by atoms with van der Waals surface area (Å²) in [6.07, 6.45) is -0.310. The molecule has 0 N–H and O–H groups in total. The normalized spacial score (nSPS) is 16.9. The Morgan fingerprint density at radius 3 is 1.75 bits per heavy atom. The summed E-state index contributed by atoms with van der Waals surface area (Å²) in [6.45, 7) is -0.00870. The summed E-state index contributed by atoms with van der Waals surface area (Å²) in [5.41, 5.74) is 3.37. The lowest BCUT2D eigenvalue weighted by Crippen LogP contribution is -2.55. The summed E-state index contributed by atoms with van der Waals surface area (Å²) in [4.78, 5) is 41.8. The number of likely N-dealkylation sites (tertiary alicyclic amines) is 1. The minimum atomic E-state index is -1.09. The first kappa shape index (κ1) is 26.9. The van der Waals surface area contributed by atoms with Crippen molar-refractivity contribution in [1.29, 1.82) is 0 Å². The van der Waals surface area contributed by atoms with Gasteiger partial charge in [0, 0.05) is 5.92 Å². The molecule has 2 atom stereocenters. The zero-order valence-corrected chi connectivity index (χ0v) is 22.1. The third-order valence-electron chi connectivity index (χ3n) is 7.12. The lowest BCUT2D eigenvalue weighted by Gasteiger charge is -2.36. The molecule has 1 saturated heterocycles. The van der Waals surface area contributed by atoms with Crippen molar-refractivity contribution in [3.05, 3.63) is 144 Å². The third kappa shape index (κ3) is 6.46. The molecule has 1 aliphatic heterocycles. The zero-order chi connectivity index (χ0) is 27.7. The minimum Gasteiger partial charge on any atom is -0.451 e. The molecule has 202 valence electrons. The van der Waals surface area contributed by atoms with Crippen molar-refractivity contribution < 1.29 is 23.9 Å². The number of nitrogens with zero attached hydrogens (tertiary/aromatic N) is 1. The molecule has 0 unspecified atom stereocenters. The van der Waals surface area contributed by atoms with Gasteiger partial charge in [0.1, 0.15) is 12.6 Å². The highest BCUT2D eigenvalue weighted by molar-refractivity contribution is 5.99. The number of carbonyl (C=O) groups excluding carboxylic acids is 3.